The van der Waals surface area contributed by atoms with Gasteiger partial charge in [0.25, 0.3) is 0 Å². The van der Waals surface area contributed by atoms with Gasteiger partial charge in [0.05, 0.1) is 11.9 Å². The highest BCUT2D eigenvalue weighted by Crippen LogP contribution is 2.21. The third kappa shape index (κ3) is 2.91. The molecule has 0 aliphatic rings. The van der Waals surface area contributed by atoms with Crippen molar-refractivity contribution in [2.75, 3.05) is 5.32 Å². The molecule has 0 radical (unpaired) electrons. The van der Waals surface area contributed by atoms with Crippen LogP contribution in [0.4, 0.5) is 10.1 Å². The molecule has 1 aromatic carbocycles. The van der Waals surface area contributed by atoms with Crippen LogP contribution in [0.15, 0.2) is 48.9 Å². The van der Waals surface area contributed by atoms with Crippen LogP contribution in [0.1, 0.15) is 11.1 Å². The molecule has 0 amide bonds. The van der Waals surface area contributed by atoms with Gasteiger partial charge in [0.1, 0.15) is 5.82 Å². The van der Waals surface area contributed by atoms with E-state index < -0.39 is 0 Å². The average molecular weight is 282 g/mol. The van der Waals surface area contributed by atoms with E-state index in [2.05, 4.69) is 20.5 Å². The number of benzene rings is 1. The molecular formula is C16H15FN4. The van der Waals surface area contributed by atoms with Crippen molar-refractivity contribution >= 4 is 5.69 Å². The molecular weight excluding hydrogens is 267 g/mol. The number of hydrogen-bond acceptors (Lipinski definition) is 3. The molecule has 0 saturated heterocycles. The van der Waals surface area contributed by atoms with Crippen molar-refractivity contribution in [1.82, 2.24) is 15.2 Å². The Kier molecular flexibility index (Phi) is 3.64. The minimum Gasteiger partial charge on any atom is -0.381 e. The summed E-state index contributed by atoms with van der Waals surface area (Å²) in [6, 6.07) is 8.97. The normalized spacial score (nSPS) is 10.6. The predicted octanol–water partition coefficient (Wildman–Crippen LogP) is 3.53. The minimum atomic E-state index is -0.209. The predicted molar refractivity (Wildman–Crippen MR) is 80.3 cm³/mol. The third-order valence-corrected chi connectivity index (χ3v) is 3.32. The van der Waals surface area contributed by atoms with Crippen LogP contribution >= 0.6 is 0 Å². The SMILES string of the molecule is Cc1ccc(NCc2cn[nH]c2-c2cccnc2)cc1F. The van der Waals surface area contributed by atoms with Gasteiger partial charge in [-0.2, -0.15) is 5.10 Å². The Balaban J connectivity index is 1.77. The van der Waals surface area contributed by atoms with E-state index in [0.29, 0.717) is 12.1 Å². The van der Waals surface area contributed by atoms with Crippen LogP contribution in [-0.2, 0) is 6.54 Å². The number of halogens is 1. The summed E-state index contributed by atoms with van der Waals surface area (Å²) in [5.41, 5.74) is 4.28. The highest BCUT2D eigenvalue weighted by Gasteiger charge is 2.08. The van der Waals surface area contributed by atoms with Gasteiger partial charge in [0.15, 0.2) is 0 Å². The Labute approximate surface area is 122 Å². The number of pyridine rings is 1. The molecule has 2 aromatic heterocycles. The Morgan fingerprint density at radius 1 is 1.24 bits per heavy atom. The molecule has 0 aliphatic heterocycles. The summed E-state index contributed by atoms with van der Waals surface area (Å²) in [7, 11) is 0. The molecule has 21 heavy (non-hydrogen) atoms. The van der Waals surface area contributed by atoms with Crippen molar-refractivity contribution < 1.29 is 4.39 Å². The fourth-order valence-electron chi connectivity index (χ4n) is 2.11. The van der Waals surface area contributed by atoms with Gasteiger partial charge in [-0.05, 0) is 36.8 Å². The van der Waals surface area contributed by atoms with Crippen molar-refractivity contribution in [3.8, 4) is 11.3 Å². The molecule has 106 valence electrons. The second kappa shape index (κ2) is 5.75. The Morgan fingerprint density at radius 3 is 2.90 bits per heavy atom. The van der Waals surface area contributed by atoms with Crippen LogP contribution in [0.2, 0.25) is 0 Å². The number of hydrogen-bond donors (Lipinski definition) is 2. The number of aromatic amines is 1. The van der Waals surface area contributed by atoms with E-state index in [1.807, 2.05) is 18.2 Å². The molecule has 2 heterocycles. The van der Waals surface area contributed by atoms with Crippen molar-refractivity contribution in [3.63, 3.8) is 0 Å². The molecule has 2 N–H and O–H groups in total. The Morgan fingerprint density at radius 2 is 2.14 bits per heavy atom. The van der Waals surface area contributed by atoms with Crippen molar-refractivity contribution in [1.29, 1.82) is 0 Å². The zero-order chi connectivity index (χ0) is 14.7. The molecule has 5 heteroatoms. The van der Waals surface area contributed by atoms with E-state index in [0.717, 1.165) is 22.5 Å². The largest absolute Gasteiger partial charge is 0.381 e. The van der Waals surface area contributed by atoms with Gasteiger partial charge in [0.2, 0.25) is 0 Å². The summed E-state index contributed by atoms with van der Waals surface area (Å²) in [5.74, 6) is -0.209. The summed E-state index contributed by atoms with van der Waals surface area (Å²) in [6.45, 7) is 2.30. The molecule has 3 aromatic rings. The first-order valence-corrected chi connectivity index (χ1v) is 6.67. The van der Waals surface area contributed by atoms with E-state index in [4.69, 9.17) is 0 Å². The van der Waals surface area contributed by atoms with E-state index in [1.165, 1.54) is 6.07 Å². The van der Waals surface area contributed by atoms with E-state index >= 15 is 0 Å². The fraction of sp³-hybridized carbons (Fsp3) is 0.125. The molecule has 0 saturated carbocycles. The van der Waals surface area contributed by atoms with Gasteiger partial charge in [-0.25, -0.2) is 4.39 Å². The van der Waals surface area contributed by atoms with Crippen LogP contribution < -0.4 is 5.32 Å². The summed E-state index contributed by atoms with van der Waals surface area (Å²) < 4.78 is 13.5. The highest BCUT2D eigenvalue weighted by molar-refractivity contribution is 5.62. The van der Waals surface area contributed by atoms with E-state index in [-0.39, 0.29) is 5.82 Å². The fourth-order valence-corrected chi connectivity index (χ4v) is 2.11. The lowest BCUT2D eigenvalue weighted by atomic mass is 10.1. The third-order valence-electron chi connectivity index (χ3n) is 3.32. The van der Waals surface area contributed by atoms with Crippen LogP contribution in [0.3, 0.4) is 0 Å². The Bertz CT molecular complexity index is 737. The summed E-state index contributed by atoms with van der Waals surface area (Å²) in [4.78, 5) is 4.10. The van der Waals surface area contributed by atoms with E-state index in [9.17, 15) is 4.39 Å². The number of rotatable bonds is 4. The van der Waals surface area contributed by atoms with Gasteiger partial charge in [0, 0.05) is 35.8 Å². The molecule has 3 rings (SSSR count). The first kappa shape index (κ1) is 13.3. The maximum Gasteiger partial charge on any atom is 0.128 e. The minimum absolute atomic E-state index is 0.209. The maximum absolute atomic E-state index is 13.5. The maximum atomic E-state index is 13.5. The first-order chi connectivity index (χ1) is 10.2. The molecule has 0 unspecified atom stereocenters. The van der Waals surface area contributed by atoms with Crippen molar-refractivity contribution in [2.24, 2.45) is 0 Å². The number of nitrogens with one attached hydrogen (secondary N) is 2. The standard InChI is InChI=1S/C16H15FN4/c1-11-4-5-14(7-15(11)17)19-9-13-10-20-21-16(13)12-3-2-6-18-8-12/h2-8,10,19H,9H2,1H3,(H,20,21). The summed E-state index contributed by atoms with van der Waals surface area (Å²) in [6.07, 6.45) is 5.27. The monoisotopic (exact) mass is 282 g/mol. The lowest BCUT2D eigenvalue weighted by molar-refractivity contribution is 0.619. The van der Waals surface area contributed by atoms with Gasteiger partial charge >= 0.3 is 0 Å². The molecule has 0 aliphatic carbocycles. The average Bonchev–Trinajstić information content (AvgIpc) is 2.98. The number of H-pyrrole nitrogens is 1. The van der Waals surface area contributed by atoms with Gasteiger partial charge in [-0.1, -0.05) is 6.07 Å². The highest BCUT2D eigenvalue weighted by atomic mass is 19.1. The summed E-state index contributed by atoms with van der Waals surface area (Å²) >= 11 is 0. The van der Waals surface area contributed by atoms with E-state index in [1.54, 1.807) is 31.6 Å². The molecule has 0 bridgehead atoms. The number of aryl methyl sites for hydroxylation is 1. The van der Waals surface area contributed by atoms with Crippen LogP contribution in [0, 0.1) is 12.7 Å². The molecule has 0 atom stereocenters. The second-order valence-electron chi connectivity index (χ2n) is 4.83. The van der Waals surface area contributed by atoms with Crippen LogP contribution in [0.25, 0.3) is 11.3 Å². The zero-order valence-corrected chi connectivity index (χ0v) is 11.6. The van der Waals surface area contributed by atoms with Crippen LogP contribution in [0.5, 0.6) is 0 Å². The summed E-state index contributed by atoms with van der Waals surface area (Å²) in [5, 5.41) is 10.3. The van der Waals surface area contributed by atoms with Gasteiger partial charge < -0.3 is 5.32 Å². The van der Waals surface area contributed by atoms with Crippen molar-refractivity contribution in [2.45, 2.75) is 13.5 Å². The van der Waals surface area contributed by atoms with Gasteiger partial charge in [-0.15, -0.1) is 0 Å². The lowest BCUT2D eigenvalue weighted by Gasteiger charge is -2.08. The number of anilines is 1. The lowest BCUT2D eigenvalue weighted by Crippen LogP contribution is -2.00. The quantitative estimate of drug-likeness (QED) is 0.769. The Hall–Kier alpha value is -2.69. The van der Waals surface area contributed by atoms with Crippen molar-refractivity contribution in [3.05, 3.63) is 65.9 Å². The second-order valence-corrected chi connectivity index (χ2v) is 4.83. The van der Waals surface area contributed by atoms with Gasteiger partial charge in [-0.3, -0.25) is 10.1 Å². The zero-order valence-electron chi connectivity index (χ0n) is 11.6. The molecule has 4 nitrogen and oxygen atoms in total. The molecule has 0 spiro atoms. The first-order valence-electron chi connectivity index (χ1n) is 6.67. The topological polar surface area (TPSA) is 53.6 Å². The number of aromatic nitrogens is 3. The molecule has 0 fully saturated rings. The van der Waals surface area contributed by atoms with Crippen LogP contribution in [-0.4, -0.2) is 15.2 Å². The number of nitrogens with zero attached hydrogens (tertiary/aromatic N) is 2. The smallest absolute Gasteiger partial charge is 0.128 e.